The summed E-state index contributed by atoms with van der Waals surface area (Å²) in [4.78, 5) is 41.0. The number of aliphatic hydroxyl groups is 4. The van der Waals surface area contributed by atoms with E-state index >= 15 is 0 Å². The van der Waals surface area contributed by atoms with Gasteiger partial charge in [0.15, 0.2) is 17.3 Å². The molecule has 1 aromatic rings. The first-order valence-corrected chi connectivity index (χ1v) is 10.1. The molecule has 0 saturated heterocycles. The first-order valence-electron chi connectivity index (χ1n) is 9.69. The number of rotatable bonds is 1. The van der Waals surface area contributed by atoms with Crippen molar-refractivity contribution in [1.82, 2.24) is 4.90 Å². The Morgan fingerprint density at radius 3 is 2.38 bits per heavy atom. The second-order valence-electron chi connectivity index (χ2n) is 8.47. The number of carbonyl (C=O) groups excluding carboxylic acids is 3. The maximum Gasteiger partial charge on any atom is 0.211 e. The molecule has 0 aliphatic heterocycles. The second-order valence-corrected chi connectivity index (χ2v) is 8.88. The van der Waals surface area contributed by atoms with Crippen LogP contribution in [-0.4, -0.2) is 73.5 Å². The predicted molar refractivity (Wildman–Crippen MR) is 111 cm³/mol. The van der Waals surface area contributed by atoms with Gasteiger partial charge in [0.05, 0.1) is 17.7 Å². The fourth-order valence-corrected chi connectivity index (χ4v) is 5.50. The minimum atomic E-state index is -2.84. The number of benzene rings is 1. The van der Waals surface area contributed by atoms with Gasteiger partial charge in [-0.1, -0.05) is 11.6 Å². The van der Waals surface area contributed by atoms with Crippen LogP contribution in [0.5, 0.6) is 5.75 Å². The molecule has 7 N–H and O–H groups in total. The van der Waals surface area contributed by atoms with Gasteiger partial charge in [0, 0.05) is 28.0 Å². The number of likely N-dealkylation sites (N-methyl/N-ethyl adjacent to an activating group) is 1. The summed E-state index contributed by atoms with van der Waals surface area (Å²) in [5.74, 6) is -8.29. The lowest BCUT2D eigenvalue weighted by atomic mass is 9.55. The highest BCUT2D eigenvalue weighted by atomic mass is 35.5. The number of aromatic hydroxyl groups is 1. The van der Waals surface area contributed by atoms with E-state index in [-0.39, 0.29) is 22.6 Å². The van der Waals surface area contributed by atoms with Crippen molar-refractivity contribution in [2.45, 2.75) is 24.2 Å². The largest absolute Gasteiger partial charge is 0.507 e. The SMILES string of the molecule is CN(C)C1C(=O)C(=C(N)O)C(=O)C2(O)C(=O)C3=C(O)c4c(O)ccc(Cl)c4C(O)C3CC12. The third-order valence-electron chi connectivity index (χ3n) is 6.63. The molecule has 2 saturated carbocycles. The number of hydrogen-bond donors (Lipinski definition) is 6. The van der Waals surface area contributed by atoms with Crippen molar-refractivity contribution < 1.29 is 39.9 Å². The number of fused-ring (bicyclic) bond motifs is 3. The van der Waals surface area contributed by atoms with E-state index < -0.39 is 75.5 Å². The van der Waals surface area contributed by atoms with E-state index in [1.807, 2.05) is 0 Å². The number of phenolic OH excluding ortho intramolecular Hbond substituents is 1. The molecular formula is C21H21ClN2O8. The molecule has 5 unspecified atom stereocenters. The van der Waals surface area contributed by atoms with Crippen molar-refractivity contribution >= 4 is 34.7 Å². The van der Waals surface area contributed by atoms with Gasteiger partial charge in [-0.3, -0.25) is 19.3 Å². The monoisotopic (exact) mass is 464 g/mol. The molecular weight excluding hydrogens is 444 g/mol. The molecule has 10 nitrogen and oxygen atoms in total. The number of carbonyl (C=O) groups is 3. The van der Waals surface area contributed by atoms with Crippen molar-refractivity contribution in [3.8, 4) is 5.75 Å². The van der Waals surface area contributed by atoms with E-state index in [0.717, 1.165) is 6.07 Å². The summed E-state index contributed by atoms with van der Waals surface area (Å²) in [5.41, 5.74) is 0.811. The van der Waals surface area contributed by atoms with Crippen LogP contribution in [0, 0.1) is 11.8 Å². The topological polar surface area (TPSA) is 182 Å². The van der Waals surface area contributed by atoms with E-state index in [9.17, 15) is 39.9 Å². The van der Waals surface area contributed by atoms with Crippen molar-refractivity contribution in [3.05, 3.63) is 45.3 Å². The van der Waals surface area contributed by atoms with Crippen LogP contribution in [0.15, 0.2) is 29.2 Å². The van der Waals surface area contributed by atoms with Crippen molar-refractivity contribution in [1.29, 1.82) is 0 Å². The lowest BCUT2D eigenvalue weighted by molar-refractivity contribution is -0.167. The highest BCUT2D eigenvalue weighted by molar-refractivity contribution is 6.36. The van der Waals surface area contributed by atoms with Gasteiger partial charge in [-0.2, -0.15) is 0 Å². The highest BCUT2D eigenvalue weighted by Crippen LogP contribution is 2.55. The average molecular weight is 465 g/mol. The second kappa shape index (κ2) is 7.04. The zero-order valence-corrected chi connectivity index (χ0v) is 17.8. The van der Waals surface area contributed by atoms with Gasteiger partial charge in [-0.05, 0) is 32.6 Å². The van der Waals surface area contributed by atoms with E-state index in [2.05, 4.69) is 0 Å². The maximum atomic E-state index is 13.5. The number of aliphatic hydroxyl groups excluding tert-OH is 3. The average Bonchev–Trinajstić information content (AvgIpc) is 2.69. The quantitative estimate of drug-likeness (QED) is 0.144. The fourth-order valence-electron chi connectivity index (χ4n) is 5.23. The van der Waals surface area contributed by atoms with E-state index in [1.54, 1.807) is 0 Å². The van der Waals surface area contributed by atoms with Gasteiger partial charge in [0.1, 0.15) is 17.1 Å². The van der Waals surface area contributed by atoms with Crippen LogP contribution >= 0.6 is 11.6 Å². The first kappa shape index (κ1) is 22.3. The fraction of sp³-hybridized carbons (Fsp3) is 0.381. The minimum absolute atomic E-state index is 0.00814. The van der Waals surface area contributed by atoms with Crippen LogP contribution in [0.3, 0.4) is 0 Å². The maximum absolute atomic E-state index is 13.5. The summed E-state index contributed by atoms with van der Waals surface area (Å²) < 4.78 is 0. The summed E-state index contributed by atoms with van der Waals surface area (Å²) >= 11 is 6.18. The zero-order valence-electron chi connectivity index (χ0n) is 17.0. The van der Waals surface area contributed by atoms with Gasteiger partial charge in [-0.25, -0.2) is 0 Å². The third-order valence-corrected chi connectivity index (χ3v) is 6.96. The van der Waals surface area contributed by atoms with Crippen LogP contribution < -0.4 is 5.73 Å². The van der Waals surface area contributed by atoms with Crippen LogP contribution in [0.2, 0.25) is 5.02 Å². The number of hydrogen-bond acceptors (Lipinski definition) is 10. The smallest absolute Gasteiger partial charge is 0.211 e. The number of halogens is 1. The Kier molecular flexibility index (Phi) is 4.90. The molecule has 0 amide bonds. The van der Waals surface area contributed by atoms with E-state index in [0.29, 0.717) is 0 Å². The Labute approximate surface area is 186 Å². The lowest BCUT2D eigenvalue weighted by Crippen LogP contribution is -2.69. The molecule has 4 rings (SSSR count). The summed E-state index contributed by atoms with van der Waals surface area (Å²) in [6.45, 7) is 0. The summed E-state index contributed by atoms with van der Waals surface area (Å²) in [6, 6.07) is 1.24. The van der Waals surface area contributed by atoms with Gasteiger partial charge >= 0.3 is 0 Å². The van der Waals surface area contributed by atoms with E-state index in [4.69, 9.17) is 17.3 Å². The number of nitrogens with two attached hydrogens (primary N) is 1. The molecule has 5 atom stereocenters. The van der Waals surface area contributed by atoms with Crippen molar-refractivity contribution in [2.75, 3.05) is 14.1 Å². The Hall–Kier alpha value is -2.92. The normalized spacial score (nSPS) is 33.8. The zero-order chi connectivity index (χ0) is 23.9. The summed E-state index contributed by atoms with van der Waals surface area (Å²) in [7, 11) is 2.97. The minimum Gasteiger partial charge on any atom is -0.507 e. The lowest BCUT2D eigenvalue weighted by Gasteiger charge is -2.50. The molecule has 3 aliphatic carbocycles. The molecule has 0 radical (unpaired) electrons. The third kappa shape index (κ3) is 2.61. The van der Waals surface area contributed by atoms with Crippen LogP contribution in [0.25, 0.3) is 5.76 Å². The number of nitrogens with zero attached hydrogens (tertiary/aromatic N) is 1. The van der Waals surface area contributed by atoms with Gasteiger partial charge in [0.25, 0.3) is 0 Å². The molecule has 0 spiro atoms. The molecule has 1 aromatic carbocycles. The van der Waals surface area contributed by atoms with Gasteiger partial charge in [-0.15, -0.1) is 0 Å². The number of Topliss-reactive ketones (excluding diaryl/α,β-unsaturated/α-hetero) is 3. The highest BCUT2D eigenvalue weighted by Gasteiger charge is 2.67. The Balaban J connectivity index is 2.01. The Morgan fingerprint density at radius 1 is 1.19 bits per heavy atom. The molecule has 0 heterocycles. The molecule has 11 heteroatoms. The van der Waals surface area contributed by atoms with Gasteiger partial charge < -0.3 is 31.3 Å². The Bertz CT molecular complexity index is 1150. The van der Waals surface area contributed by atoms with E-state index in [1.165, 1.54) is 25.1 Å². The Morgan fingerprint density at radius 2 is 1.81 bits per heavy atom. The van der Waals surface area contributed by atoms with Crippen LogP contribution in [0.4, 0.5) is 0 Å². The summed E-state index contributed by atoms with van der Waals surface area (Å²) in [6.07, 6.45) is -1.73. The molecule has 170 valence electrons. The first-order chi connectivity index (χ1) is 14.8. The number of phenols is 1. The number of ketones is 3. The standard InChI is InChI=1S/C21H21ClN2O8/c1-24(2)14-7-5-6-10(16(27)12-9(25)4-3-8(22)11(12)15(6)26)18(29)21(7,32)19(30)13(17(14)28)20(23)31/h3-4,6-7,14-15,25-27,31-32H,5,23H2,1-2H3. The molecule has 3 aliphatic rings. The van der Waals surface area contributed by atoms with Crippen LogP contribution in [-0.2, 0) is 14.4 Å². The van der Waals surface area contributed by atoms with Crippen LogP contribution in [0.1, 0.15) is 23.7 Å². The van der Waals surface area contributed by atoms with Crippen molar-refractivity contribution in [2.24, 2.45) is 17.6 Å². The molecule has 0 bridgehead atoms. The predicted octanol–water partition coefficient (Wildman–Crippen LogP) is 0.108. The molecule has 32 heavy (non-hydrogen) atoms. The van der Waals surface area contributed by atoms with Gasteiger partial charge in [0.2, 0.25) is 11.6 Å². The molecule has 0 aromatic heterocycles. The van der Waals surface area contributed by atoms with Crippen molar-refractivity contribution in [3.63, 3.8) is 0 Å². The molecule has 2 fully saturated rings. The summed E-state index contributed by atoms with van der Waals surface area (Å²) in [5, 5.41) is 53.4.